The van der Waals surface area contributed by atoms with Gasteiger partial charge in [-0.05, 0) is 35.4 Å². The number of aliphatic hydroxyl groups excluding tert-OH is 3. The zero-order valence-electron chi connectivity index (χ0n) is 24.3. The fourth-order valence-electron chi connectivity index (χ4n) is 3.68. The molecule has 47 heavy (non-hydrogen) atoms. The first-order chi connectivity index (χ1) is 22.1. The van der Waals surface area contributed by atoms with Gasteiger partial charge in [0.05, 0.1) is 13.4 Å². The van der Waals surface area contributed by atoms with Crippen molar-refractivity contribution in [2.24, 2.45) is 0 Å². The molecule has 4 aromatic rings. The van der Waals surface area contributed by atoms with E-state index in [0.717, 1.165) is 35.2 Å². The lowest BCUT2D eigenvalue weighted by atomic mass is 9.99. The van der Waals surface area contributed by atoms with Crippen LogP contribution < -0.4 is 31.4 Å². The van der Waals surface area contributed by atoms with Gasteiger partial charge in [-0.15, -0.1) is 0 Å². The highest BCUT2D eigenvalue weighted by molar-refractivity contribution is 7.43. The van der Waals surface area contributed by atoms with Gasteiger partial charge in [0.25, 0.3) is 0 Å². The van der Waals surface area contributed by atoms with Gasteiger partial charge in [0.15, 0.2) is 34.1 Å². The molecule has 0 aliphatic carbocycles. The van der Waals surface area contributed by atoms with Gasteiger partial charge in [-0.25, -0.2) is 13.8 Å². The highest BCUT2D eigenvalue weighted by atomic mass is 35.5. The Morgan fingerprint density at radius 1 is 1.04 bits per heavy atom. The number of hydrogen-bond acceptors (Lipinski definition) is 12. The van der Waals surface area contributed by atoms with Gasteiger partial charge in [0.1, 0.15) is 43.2 Å². The van der Waals surface area contributed by atoms with Crippen LogP contribution in [0.25, 0.3) is 11.1 Å². The lowest BCUT2D eigenvalue weighted by molar-refractivity contribution is -0.494. The third kappa shape index (κ3) is 10.5. The standard InChI is InChI=1S/C25H19ClF2N3O7P.C4H11NO3/c26-23-22(7-8-30-25(23)29)38-21-6-1-14(9-19(21)28)10-20(32)18-12-31(13-37-39(34,35)36)11-17(24(18)33)15-2-4-16(27)5-3-15;5-4(1-6,2-7)3-8/h1-9,11-12H,10,13H2,(H2,29,30)(H2,34,35,36);6-8H,1-3,5H2/p-1. The summed E-state index contributed by atoms with van der Waals surface area (Å²) in [5, 5.41) is 25.2. The van der Waals surface area contributed by atoms with Gasteiger partial charge in [0.2, 0.25) is 0 Å². The Balaban J connectivity index is 0.000000665. The molecule has 14 nitrogen and oxygen atoms in total. The molecule has 2 aromatic carbocycles. The van der Waals surface area contributed by atoms with Gasteiger partial charge in [-0.3, -0.25) is 9.59 Å². The monoisotopic (exact) mass is 697 g/mol. The molecule has 0 amide bonds. The summed E-state index contributed by atoms with van der Waals surface area (Å²) in [6, 6.07) is 9.82. The van der Waals surface area contributed by atoms with E-state index < -0.39 is 54.9 Å². The Kier molecular flexibility index (Phi) is 12.8. The SMILES string of the molecule is Nc1nccc(Oc2ccc(CC(=O)c3cn(COP(=O)([O-])[O-])cc(-c4ccc(F)cc4)c3=O)cc2F)c1Cl.[NH3+]C(CO)(CO)CO. The number of nitrogens with two attached hydrogens (primary N) is 1. The van der Waals surface area contributed by atoms with Crippen LogP contribution in [0.15, 0.2) is 71.9 Å². The molecule has 18 heteroatoms. The van der Waals surface area contributed by atoms with Crippen LogP contribution in [0.1, 0.15) is 15.9 Å². The number of ketones is 1. The summed E-state index contributed by atoms with van der Waals surface area (Å²) in [6.07, 6.45) is 3.07. The topological polar surface area (TPSA) is 248 Å². The number of benzene rings is 2. The van der Waals surface area contributed by atoms with E-state index in [4.69, 9.17) is 37.4 Å². The average molecular weight is 698 g/mol. The van der Waals surface area contributed by atoms with Gasteiger partial charge in [-0.2, -0.15) is 0 Å². The summed E-state index contributed by atoms with van der Waals surface area (Å²) in [7, 11) is -5.38. The lowest BCUT2D eigenvalue weighted by Crippen LogP contribution is -2.78. The van der Waals surface area contributed by atoms with Crippen LogP contribution in [-0.2, 0) is 22.2 Å². The molecule has 0 aliphatic heterocycles. The summed E-state index contributed by atoms with van der Waals surface area (Å²) >= 11 is 6.01. The normalized spacial score (nSPS) is 11.5. The van der Waals surface area contributed by atoms with Crippen molar-refractivity contribution in [2.75, 3.05) is 25.6 Å². The van der Waals surface area contributed by atoms with Gasteiger partial charge in [-0.1, -0.05) is 29.8 Å². The molecule has 252 valence electrons. The fourth-order valence-corrected chi connectivity index (χ4v) is 4.11. The van der Waals surface area contributed by atoms with E-state index in [2.05, 4.69) is 15.2 Å². The first kappa shape index (κ1) is 37.4. The molecule has 0 spiro atoms. The third-order valence-corrected chi connectivity index (χ3v) is 7.18. The Hall–Kier alpha value is -4.09. The summed E-state index contributed by atoms with van der Waals surface area (Å²) in [4.78, 5) is 51.9. The van der Waals surface area contributed by atoms with Crippen molar-refractivity contribution >= 4 is 31.0 Å². The van der Waals surface area contributed by atoms with E-state index >= 15 is 0 Å². The minimum atomic E-state index is -5.38. The van der Waals surface area contributed by atoms with Crippen LogP contribution >= 0.6 is 19.4 Å². The van der Waals surface area contributed by atoms with Crippen molar-refractivity contribution in [3.63, 3.8) is 0 Å². The predicted molar refractivity (Wildman–Crippen MR) is 160 cm³/mol. The molecule has 0 unspecified atom stereocenters. The van der Waals surface area contributed by atoms with Crippen LogP contribution in [-0.4, -0.2) is 56.0 Å². The summed E-state index contributed by atoms with van der Waals surface area (Å²) < 4.78 is 49.8. The van der Waals surface area contributed by atoms with Crippen molar-refractivity contribution in [1.82, 2.24) is 9.55 Å². The summed E-state index contributed by atoms with van der Waals surface area (Å²) in [5.74, 6) is -2.31. The maximum Gasteiger partial charge on any atom is 0.200 e. The third-order valence-electron chi connectivity index (χ3n) is 6.37. The molecule has 4 rings (SSSR count). The van der Waals surface area contributed by atoms with E-state index in [1.807, 2.05) is 0 Å². The molecule has 8 N–H and O–H groups in total. The predicted octanol–water partition coefficient (Wildman–Crippen LogP) is 0.389. The van der Waals surface area contributed by atoms with Crippen molar-refractivity contribution in [3.8, 4) is 22.6 Å². The molecule has 2 aromatic heterocycles. The number of nitrogens with zero attached hydrogens (tertiary/aromatic N) is 2. The van der Waals surface area contributed by atoms with Crippen molar-refractivity contribution < 1.29 is 58.2 Å². The number of aromatic nitrogens is 2. The number of quaternary nitrogens is 1. The Bertz CT molecular complexity index is 1810. The summed E-state index contributed by atoms with van der Waals surface area (Å²) in [6.45, 7) is -1.69. The van der Waals surface area contributed by atoms with E-state index in [9.17, 15) is 32.7 Å². The minimum absolute atomic E-state index is 0.0102. The van der Waals surface area contributed by atoms with Crippen molar-refractivity contribution in [3.05, 3.63) is 105 Å². The number of aliphatic hydroxyl groups is 3. The molecule has 0 fully saturated rings. The molecule has 0 bridgehead atoms. The van der Waals surface area contributed by atoms with E-state index in [1.54, 1.807) is 0 Å². The molecule has 0 saturated heterocycles. The minimum Gasteiger partial charge on any atom is -0.790 e. The van der Waals surface area contributed by atoms with Crippen LogP contribution in [0.5, 0.6) is 11.5 Å². The molecule has 0 atom stereocenters. The van der Waals surface area contributed by atoms with E-state index in [1.165, 1.54) is 36.5 Å². The van der Waals surface area contributed by atoms with Gasteiger partial charge in [0, 0.05) is 36.6 Å². The quantitative estimate of drug-likeness (QED) is 0.0996. The second-order valence-electron chi connectivity index (χ2n) is 10.1. The number of phosphoric ester groups is 1. The molecular weight excluding hydrogens is 669 g/mol. The maximum absolute atomic E-state index is 14.8. The van der Waals surface area contributed by atoms with Crippen LogP contribution in [0.2, 0.25) is 5.02 Å². The number of carbonyl (C=O) groups is 1. The maximum atomic E-state index is 14.8. The van der Waals surface area contributed by atoms with E-state index in [-0.39, 0.29) is 58.9 Å². The number of anilines is 1. The number of rotatable bonds is 12. The Morgan fingerprint density at radius 2 is 1.68 bits per heavy atom. The number of hydrogen-bond donors (Lipinski definition) is 5. The number of nitrogen functional groups attached to an aromatic ring is 1. The van der Waals surface area contributed by atoms with Crippen LogP contribution in [0.3, 0.4) is 0 Å². The molecule has 2 heterocycles. The molecule has 0 saturated carbocycles. The number of pyridine rings is 2. The van der Waals surface area contributed by atoms with Gasteiger partial charge < -0.3 is 55.0 Å². The first-order valence-electron chi connectivity index (χ1n) is 13.3. The zero-order valence-corrected chi connectivity index (χ0v) is 26.0. The van der Waals surface area contributed by atoms with Crippen molar-refractivity contribution in [2.45, 2.75) is 18.7 Å². The number of halogens is 3. The zero-order chi connectivity index (χ0) is 34.9. The number of carbonyl (C=O) groups excluding carboxylic acids is 1. The molecule has 0 aliphatic rings. The second-order valence-corrected chi connectivity index (χ2v) is 11.6. The smallest absolute Gasteiger partial charge is 0.200 e. The van der Waals surface area contributed by atoms with Crippen LogP contribution in [0, 0.1) is 11.6 Å². The number of Topliss-reactive ketones (excluding diaryl/α,β-unsaturated/α-hetero) is 1. The fraction of sp³-hybridized carbons (Fsp3) is 0.207. The highest BCUT2D eigenvalue weighted by Gasteiger charge is 2.25. The molecular formula is C29H29ClF2N4O10P-. The largest absolute Gasteiger partial charge is 0.790 e. The summed E-state index contributed by atoms with van der Waals surface area (Å²) in [5.41, 5.74) is 7.21. The van der Waals surface area contributed by atoms with E-state index in [0.29, 0.717) is 0 Å². The molecule has 0 radical (unpaired) electrons. The highest BCUT2D eigenvalue weighted by Crippen LogP contribution is 2.33. The van der Waals surface area contributed by atoms with Gasteiger partial charge >= 0.3 is 0 Å². The Labute approximate surface area is 270 Å². The Morgan fingerprint density at radius 3 is 2.23 bits per heavy atom. The average Bonchev–Trinajstić information content (AvgIpc) is 3.04. The first-order valence-corrected chi connectivity index (χ1v) is 15.2. The van der Waals surface area contributed by atoms with Crippen molar-refractivity contribution in [1.29, 1.82) is 0 Å². The lowest BCUT2D eigenvalue weighted by Gasteiger charge is -2.29. The number of phosphoric acid groups is 1. The second kappa shape index (κ2) is 16.1. The number of ether oxygens (including phenoxy) is 1. The van der Waals surface area contributed by atoms with Crippen LogP contribution in [0.4, 0.5) is 14.6 Å².